The SMILES string of the molecule is COc1ccc(-n2c(SCC3CCCCO3)nc3ccccc3c2=O)cc1. The molecule has 4 rings (SSSR count). The molecule has 1 aliphatic heterocycles. The Morgan fingerprint density at radius 3 is 2.74 bits per heavy atom. The maximum absolute atomic E-state index is 13.2. The molecule has 0 saturated carbocycles. The molecule has 1 unspecified atom stereocenters. The second kappa shape index (κ2) is 8.15. The van der Waals surface area contributed by atoms with Gasteiger partial charge in [0.25, 0.3) is 5.56 Å². The molecule has 0 bridgehead atoms. The van der Waals surface area contributed by atoms with E-state index in [9.17, 15) is 4.79 Å². The molecule has 0 aliphatic carbocycles. The number of benzene rings is 2. The number of hydrogen-bond acceptors (Lipinski definition) is 5. The van der Waals surface area contributed by atoms with Crippen molar-refractivity contribution in [2.24, 2.45) is 0 Å². The average Bonchev–Trinajstić information content (AvgIpc) is 2.73. The van der Waals surface area contributed by atoms with Gasteiger partial charge in [-0.3, -0.25) is 9.36 Å². The lowest BCUT2D eigenvalue weighted by Crippen LogP contribution is -2.24. The summed E-state index contributed by atoms with van der Waals surface area (Å²) in [5.74, 6) is 1.55. The van der Waals surface area contributed by atoms with Crippen LogP contribution in [-0.2, 0) is 4.74 Å². The lowest BCUT2D eigenvalue weighted by molar-refractivity contribution is 0.0315. The highest BCUT2D eigenvalue weighted by atomic mass is 32.2. The molecule has 0 amide bonds. The number of thioether (sulfide) groups is 1. The monoisotopic (exact) mass is 382 g/mol. The van der Waals surface area contributed by atoms with Crippen LogP contribution in [0.4, 0.5) is 0 Å². The van der Waals surface area contributed by atoms with E-state index in [1.54, 1.807) is 23.4 Å². The van der Waals surface area contributed by atoms with Crippen molar-refractivity contribution in [3.05, 3.63) is 58.9 Å². The fourth-order valence-electron chi connectivity index (χ4n) is 3.27. The van der Waals surface area contributed by atoms with Gasteiger partial charge in [0.05, 0.1) is 29.8 Å². The minimum atomic E-state index is -0.0576. The second-order valence-corrected chi connectivity index (χ2v) is 7.54. The minimum absolute atomic E-state index is 0.0576. The molecule has 1 fully saturated rings. The van der Waals surface area contributed by atoms with Crippen molar-refractivity contribution in [1.82, 2.24) is 9.55 Å². The van der Waals surface area contributed by atoms with Gasteiger partial charge in [0.1, 0.15) is 5.75 Å². The summed E-state index contributed by atoms with van der Waals surface area (Å²) in [5.41, 5.74) is 1.45. The first-order chi connectivity index (χ1) is 13.3. The minimum Gasteiger partial charge on any atom is -0.497 e. The Morgan fingerprint density at radius 1 is 1.19 bits per heavy atom. The van der Waals surface area contributed by atoms with Gasteiger partial charge in [0, 0.05) is 12.4 Å². The molecule has 2 aromatic carbocycles. The van der Waals surface area contributed by atoms with Gasteiger partial charge in [-0.05, 0) is 55.7 Å². The maximum Gasteiger partial charge on any atom is 0.266 e. The molecule has 5 nitrogen and oxygen atoms in total. The van der Waals surface area contributed by atoms with Crippen LogP contribution in [0.25, 0.3) is 16.6 Å². The van der Waals surface area contributed by atoms with E-state index in [1.165, 1.54) is 6.42 Å². The summed E-state index contributed by atoms with van der Waals surface area (Å²) in [4.78, 5) is 18.0. The van der Waals surface area contributed by atoms with Gasteiger partial charge < -0.3 is 9.47 Å². The van der Waals surface area contributed by atoms with Crippen molar-refractivity contribution in [2.75, 3.05) is 19.5 Å². The smallest absolute Gasteiger partial charge is 0.266 e. The predicted octanol–water partition coefficient (Wildman–Crippen LogP) is 4.06. The number of methoxy groups -OCH3 is 1. The third-order valence-corrected chi connectivity index (χ3v) is 5.82. The summed E-state index contributed by atoms with van der Waals surface area (Å²) in [5, 5.41) is 1.31. The van der Waals surface area contributed by atoms with Crippen LogP contribution < -0.4 is 10.3 Å². The number of para-hydroxylation sites is 1. The van der Waals surface area contributed by atoms with Crippen LogP contribution in [0.15, 0.2) is 58.5 Å². The molecule has 2 heterocycles. The van der Waals surface area contributed by atoms with Crippen LogP contribution in [0.3, 0.4) is 0 Å². The largest absolute Gasteiger partial charge is 0.497 e. The highest BCUT2D eigenvalue weighted by Crippen LogP contribution is 2.25. The maximum atomic E-state index is 13.2. The van der Waals surface area contributed by atoms with Gasteiger partial charge in [0.2, 0.25) is 0 Å². The zero-order valence-corrected chi connectivity index (χ0v) is 16.1. The first kappa shape index (κ1) is 18.1. The Bertz CT molecular complexity index is 979. The topological polar surface area (TPSA) is 53.4 Å². The molecular formula is C21H22N2O3S. The Morgan fingerprint density at radius 2 is 2.00 bits per heavy atom. The predicted molar refractivity (Wildman–Crippen MR) is 108 cm³/mol. The molecule has 27 heavy (non-hydrogen) atoms. The van der Waals surface area contributed by atoms with Crippen LogP contribution in [0.2, 0.25) is 0 Å². The summed E-state index contributed by atoms with van der Waals surface area (Å²) >= 11 is 1.58. The summed E-state index contributed by atoms with van der Waals surface area (Å²) in [6.45, 7) is 0.821. The van der Waals surface area contributed by atoms with Crippen molar-refractivity contribution in [1.29, 1.82) is 0 Å². The van der Waals surface area contributed by atoms with Crippen molar-refractivity contribution in [2.45, 2.75) is 30.5 Å². The summed E-state index contributed by atoms with van der Waals surface area (Å²) in [7, 11) is 1.63. The van der Waals surface area contributed by atoms with E-state index in [-0.39, 0.29) is 11.7 Å². The Labute approximate surface area is 162 Å². The molecule has 1 aliphatic rings. The molecule has 0 N–H and O–H groups in total. The Kier molecular flexibility index (Phi) is 5.45. The summed E-state index contributed by atoms with van der Waals surface area (Å²) in [6, 6.07) is 15.0. The number of ether oxygens (including phenoxy) is 2. The van der Waals surface area contributed by atoms with Crippen LogP contribution in [0.5, 0.6) is 5.75 Å². The lowest BCUT2D eigenvalue weighted by atomic mass is 10.1. The van der Waals surface area contributed by atoms with E-state index in [1.807, 2.05) is 48.5 Å². The van der Waals surface area contributed by atoms with Gasteiger partial charge in [-0.15, -0.1) is 0 Å². The van der Waals surface area contributed by atoms with Crippen molar-refractivity contribution < 1.29 is 9.47 Å². The number of rotatable bonds is 5. The standard InChI is InChI=1S/C21H22N2O3S/c1-25-16-11-9-15(10-12-16)23-20(24)18-7-2-3-8-19(18)22-21(23)27-14-17-6-4-5-13-26-17/h2-3,7-12,17H,4-6,13-14H2,1H3. The molecule has 0 radical (unpaired) electrons. The molecular weight excluding hydrogens is 360 g/mol. The quantitative estimate of drug-likeness (QED) is 0.492. The van der Waals surface area contributed by atoms with E-state index in [0.717, 1.165) is 42.2 Å². The molecule has 3 aromatic rings. The molecule has 1 aromatic heterocycles. The molecule has 140 valence electrons. The second-order valence-electron chi connectivity index (χ2n) is 6.55. The van der Waals surface area contributed by atoms with Gasteiger partial charge in [0.15, 0.2) is 5.16 Å². The number of hydrogen-bond donors (Lipinski definition) is 0. The fourth-order valence-corrected chi connectivity index (χ4v) is 4.35. The van der Waals surface area contributed by atoms with Crippen LogP contribution in [0.1, 0.15) is 19.3 Å². The van der Waals surface area contributed by atoms with Crippen molar-refractivity contribution in [3.63, 3.8) is 0 Å². The van der Waals surface area contributed by atoms with Gasteiger partial charge >= 0.3 is 0 Å². The van der Waals surface area contributed by atoms with E-state index in [2.05, 4.69) is 0 Å². The van der Waals surface area contributed by atoms with E-state index in [4.69, 9.17) is 14.5 Å². The third-order valence-electron chi connectivity index (χ3n) is 4.75. The highest BCUT2D eigenvalue weighted by molar-refractivity contribution is 7.99. The molecule has 6 heteroatoms. The van der Waals surface area contributed by atoms with Crippen molar-refractivity contribution in [3.8, 4) is 11.4 Å². The Balaban J connectivity index is 1.75. The fraction of sp³-hybridized carbons (Fsp3) is 0.333. The van der Waals surface area contributed by atoms with E-state index >= 15 is 0 Å². The van der Waals surface area contributed by atoms with Crippen molar-refractivity contribution >= 4 is 22.7 Å². The third kappa shape index (κ3) is 3.87. The van der Waals surface area contributed by atoms with Crippen LogP contribution in [-0.4, -0.2) is 35.1 Å². The van der Waals surface area contributed by atoms with E-state index < -0.39 is 0 Å². The van der Waals surface area contributed by atoms with Crippen LogP contribution in [0, 0.1) is 0 Å². The molecule has 1 saturated heterocycles. The zero-order chi connectivity index (χ0) is 18.6. The first-order valence-electron chi connectivity index (χ1n) is 9.17. The number of fused-ring (bicyclic) bond motifs is 1. The van der Waals surface area contributed by atoms with Gasteiger partial charge in [-0.2, -0.15) is 0 Å². The molecule has 1 atom stereocenters. The highest BCUT2D eigenvalue weighted by Gasteiger charge is 2.18. The normalized spacial score (nSPS) is 17.1. The van der Waals surface area contributed by atoms with Gasteiger partial charge in [-0.25, -0.2) is 4.98 Å². The molecule has 0 spiro atoms. The summed E-state index contributed by atoms with van der Waals surface area (Å²) in [6.07, 6.45) is 3.61. The Hall–Kier alpha value is -2.31. The zero-order valence-electron chi connectivity index (χ0n) is 15.3. The summed E-state index contributed by atoms with van der Waals surface area (Å²) < 4.78 is 12.8. The van der Waals surface area contributed by atoms with E-state index in [0.29, 0.717) is 10.5 Å². The number of nitrogens with zero attached hydrogens (tertiary/aromatic N) is 2. The number of aromatic nitrogens is 2. The lowest BCUT2D eigenvalue weighted by Gasteiger charge is -2.22. The first-order valence-corrected chi connectivity index (χ1v) is 10.2. The van der Waals surface area contributed by atoms with Crippen LogP contribution >= 0.6 is 11.8 Å². The average molecular weight is 382 g/mol. The van der Waals surface area contributed by atoms with Gasteiger partial charge in [-0.1, -0.05) is 23.9 Å².